The number of nitrogens with one attached hydrogen (secondary N) is 2. The average molecular weight is 809 g/mol. The third kappa shape index (κ3) is 10.2. The molecule has 5 rings (SSSR count). The molecule has 0 spiro atoms. The van der Waals surface area contributed by atoms with Crippen LogP contribution in [0.4, 0.5) is 22.7 Å². The van der Waals surface area contributed by atoms with E-state index in [0.29, 0.717) is 40.9 Å². The van der Waals surface area contributed by atoms with Crippen LogP contribution in [-0.2, 0) is 24.8 Å². The number of hydrogen-bond acceptors (Lipinski definition) is 10. The highest BCUT2D eigenvalue weighted by molar-refractivity contribution is 7.90. The summed E-state index contributed by atoms with van der Waals surface area (Å²) < 4.78 is 67.1. The van der Waals surface area contributed by atoms with Gasteiger partial charge < -0.3 is 19.7 Å². The number of carbonyl (C=O) groups is 1. The van der Waals surface area contributed by atoms with Crippen molar-refractivity contribution in [3.8, 4) is 11.5 Å². The van der Waals surface area contributed by atoms with Gasteiger partial charge in [-0.1, -0.05) is 41.4 Å². The van der Waals surface area contributed by atoms with Gasteiger partial charge in [-0.05, 0) is 93.4 Å². The van der Waals surface area contributed by atoms with E-state index in [1.807, 2.05) is 62.9 Å². The van der Waals surface area contributed by atoms with Crippen LogP contribution >= 0.6 is 11.6 Å². The Hall–Kier alpha value is -4.96. The Balaban J connectivity index is 1.57. The van der Waals surface area contributed by atoms with Crippen LogP contribution in [-0.4, -0.2) is 84.7 Å². The Kier molecular flexibility index (Phi) is 13.2. The molecule has 13 nitrogen and oxygen atoms in total. The summed E-state index contributed by atoms with van der Waals surface area (Å²) in [5.74, 6) is 0.0902. The summed E-state index contributed by atoms with van der Waals surface area (Å²) in [6.07, 6.45) is 1.37. The minimum Gasteiger partial charge on any atom is -0.495 e. The van der Waals surface area contributed by atoms with Crippen molar-refractivity contribution < 1.29 is 31.1 Å². The van der Waals surface area contributed by atoms with Gasteiger partial charge in [-0.3, -0.25) is 4.79 Å². The maximum atomic E-state index is 14.4. The van der Waals surface area contributed by atoms with Crippen molar-refractivity contribution >= 4 is 71.9 Å². The van der Waals surface area contributed by atoms with Gasteiger partial charge in [-0.25, -0.2) is 35.8 Å². The van der Waals surface area contributed by atoms with E-state index < -0.39 is 26.0 Å². The zero-order valence-electron chi connectivity index (χ0n) is 31.6. The molecule has 1 aliphatic heterocycles. The zero-order valence-corrected chi connectivity index (χ0v) is 34.0. The highest BCUT2D eigenvalue weighted by Crippen LogP contribution is 2.35. The van der Waals surface area contributed by atoms with Crippen LogP contribution in [0.2, 0.25) is 5.02 Å². The van der Waals surface area contributed by atoms with Crippen LogP contribution in [0.25, 0.3) is 0 Å². The Labute approximate surface area is 328 Å². The summed E-state index contributed by atoms with van der Waals surface area (Å²) in [4.78, 5) is 26.0. The Morgan fingerprint density at radius 1 is 0.982 bits per heavy atom. The van der Waals surface area contributed by atoms with E-state index in [-0.39, 0.29) is 53.9 Å². The largest absolute Gasteiger partial charge is 0.495 e. The number of nitrogens with zero attached hydrogens (tertiary/aromatic N) is 4. The molecule has 55 heavy (non-hydrogen) atoms. The van der Waals surface area contributed by atoms with E-state index >= 15 is 0 Å². The minimum atomic E-state index is -4.22. The van der Waals surface area contributed by atoms with Crippen LogP contribution in [0, 0.1) is 20.8 Å². The van der Waals surface area contributed by atoms with Gasteiger partial charge in [-0.15, -0.1) is 0 Å². The normalized spacial score (nSPS) is 13.8. The van der Waals surface area contributed by atoms with Crippen molar-refractivity contribution in [2.45, 2.75) is 39.0 Å². The topological polar surface area (TPSA) is 159 Å². The van der Waals surface area contributed by atoms with Crippen LogP contribution < -0.4 is 24.4 Å². The number of methoxy groups -OCH3 is 1. The lowest BCUT2D eigenvalue weighted by atomic mass is 10.1. The monoisotopic (exact) mass is 808 g/mol. The predicted octanol–water partition coefficient (Wildman–Crippen LogP) is 6.56. The SMILES string of the molecule is CCN(CCNS(C)(=O)=O)c1ccc(N=C(C(=O)Nc2cc(Cl)ccc2OC)C2=Nc3ccccc3S(=O)(=O)N2CCCOc2ccc(C)cc2C)c(C)c1. The first-order valence-electron chi connectivity index (χ1n) is 17.6. The van der Waals surface area contributed by atoms with Crippen molar-refractivity contribution in [2.24, 2.45) is 9.98 Å². The van der Waals surface area contributed by atoms with Crippen molar-refractivity contribution in [3.05, 3.63) is 101 Å². The van der Waals surface area contributed by atoms with Gasteiger partial charge in [0.25, 0.3) is 15.9 Å². The number of ether oxygens (including phenoxy) is 2. The van der Waals surface area contributed by atoms with Gasteiger partial charge in [-0.2, -0.15) is 0 Å². The molecule has 1 aliphatic rings. The molecule has 0 saturated heterocycles. The lowest BCUT2D eigenvalue weighted by Crippen LogP contribution is -2.47. The van der Waals surface area contributed by atoms with Gasteiger partial charge in [0.15, 0.2) is 11.5 Å². The first-order chi connectivity index (χ1) is 26.1. The molecule has 1 heterocycles. The Morgan fingerprint density at radius 3 is 2.42 bits per heavy atom. The number of benzene rings is 4. The number of rotatable bonds is 16. The van der Waals surface area contributed by atoms with E-state index in [9.17, 15) is 21.6 Å². The second kappa shape index (κ2) is 17.7. The lowest BCUT2D eigenvalue weighted by Gasteiger charge is -2.30. The minimum absolute atomic E-state index is 0.00382. The van der Waals surface area contributed by atoms with Crippen molar-refractivity contribution in [2.75, 3.05) is 56.4 Å². The number of halogens is 1. The molecule has 4 aromatic rings. The van der Waals surface area contributed by atoms with Crippen molar-refractivity contribution in [3.63, 3.8) is 0 Å². The second-order valence-electron chi connectivity index (χ2n) is 12.9. The maximum Gasteiger partial charge on any atom is 0.278 e. The summed E-state index contributed by atoms with van der Waals surface area (Å²) in [5.41, 5.74) is 4.05. The number of likely N-dealkylation sites (N-methyl/N-ethyl adjacent to an activating group) is 1. The quantitative estimate of drug-likeness (QED) is 0.0951. The first-order valence-corrected chi connectivity index (χ1v) is 21.3. The predicted molar refractivity (Wildman–Crippen MR) is 219 cm³/mol. The molecule has 0 bridgehead atoms. The Bertz CT molecular complexity index is 2350. The molecule has 0 unspecified atom stereocenters. The number of aryl methyl sites for hydroxylation is 3. The van der Waals surface area contributed by atoms with E-state index in [0.717, 1.165) is 27.4 Å². The number of amidine groups is 1. The van der Waals surface area contributed by atoms with Crippen LogP contribution in [0.1, 0.15) is 30.0 Å². The number of para-hydroxylation sites is 1. The number of aliphatic imine (C=N–C) groups is 2. The molecular formula is C39H45ClN6O7S2. The molecular weight excluding hydrogens is 764 g/mol. The molecule has 0 aliphatic carbocycles. The number of sulfonamides is 2. The lowest BCUT2D eigenvalue weighted by molar-refractivity contribution is -0.110. The molecule has 0 radical (unpaired) electrons. The maximum absolute atomic E-state index is 14.4. The first kappa shape index (κ1) is 41.2. The molecule has 16 heteroatoms. The number of amides is 1. The highest BCUT2D eigenvalue weighted by atomic mass is 35.5. The molecule has 0 fully saturated rings. The summed E-state index contributed by atoms with van der Waals surface area (Å²) >= 11 is 6.29. The smallest absolute Gasteiger partial charge is 0.278 e. The summed E-state index contributed by atoms with van der Waals surface area (Å²) in [6, 6.07) is 22.3. The molecule has 4 aromatic carbocycles. The third-order valence-electron chi connectivity index (χ3n) is 8.73. The van der Waals surface area contributed by atoms with Crippen molar-refractivity contribution in [1.29, 1.82) is 0 Å². The van der Waals surface area contributed by atoms with Gasteiger partial charge in [0.05, 0.1) is 37.0 Å². The zero-order chi connectivity index (χ0) is 39.9. The van der Waals surface area contributed by atoms with E-state index in [2.05, 4.69) is 10.0 Å². The molecule has 2 N–H and O–H groups in total. The van der Waals surface area contributed by atoms with Crippen LogP contribution in [0.5, 0.6) is 11.5 Å². The van der Waals surface area contributed by atoms with Crippen LogP contribution in [0.15, 0.2) is 93.7 Å². The van der Waals surface area contributed by atoms with Gasteiger partial charge in [0.1, 0.15) is 16.4 Å². The fourth-order valence-electron chi connectivity index (χ4n) is 6.00. The van der Waals surface area contributed by atoms with E-state index in [1.165, 1.54) is 19.2 Å². The fraction of sp³-hybridized carbons (Fsp3) is 0.308. The number of fused-ring (bicyclic) bond motifs is 1. The molecule has 0 atom stereocenters. The number of carbonyl (C=O) groups excluding carboxylic acids is 1. The Morgan fingerprint density at radius 2 is 1.73 bits per heavy atom. The van der Waals surface area contributed by atoms with E-state index in [4.69, 9.17) is 31.1 Å². The van der Waals surface area contributed by atoms with E-state index in [1.54, 1.807) is 36.4 Å². The molecule has 0 saturated carbocycles. The summed E-state index contributed by atoms with van der Waals surface area (Å²) in [6.45, 7) is 9.05. The van der Waals surface area contributed by atoms with Gasteiger partial charge in [0, 0.05) is 43.3 Å². The average Bonchev–Trinajstić information content (AvgIpc) is 3.12. The molecule has 0 aromatic heterocycles. The standard InChI is InChI=1S/C39H45ClN6O7S2/c1-7-45(21-19-41-54(6,48)49)30-15-16-31(27(3)24-30)42-37(39(47)44-33-25-29(40)14-18-35(33)52-5)38-43-32-11-8-9-12-36(32)55(50,51)46(38)20-10-22-53-34-17-13-26(2)23-28(34)4/h8-9,11-18,23-25,41H,7,10,19-22H2,1-6H3,(H,44,47). The summed E-state index contributed by atoms with van der Waals surface area (Å²) in [7, 11) is -6.12. The molecule has 1 amide bonds. The van der Waals surface area contributed by atoms with Gasteiger partial charge in [0.2, 0.25) is 10.0 Å². The fourth-order valence-corrected chi connectivity index (χ4v) is 8.22. The number of anilines is 2. The summed E-state index contributed by atoms with van der Waals surface area (Å²) in [5, 5.41) is 3.15. The third-order valence-corrected chi connectivity index (χ3v) is 11.5. The number of hydrogen-bond donors (Lipinski definition) is 2. The van der Waals surface area contributed by atoms with Crippen LogP contribution in [0.3, 0.4) is 0 Å². The second-order valence-corrected chi connectivity index (χ2v) is 17.0. The highest BCUT2D eigenvalue weighted by Gasteiger charge is 2.38. The molecule has 292 valence electrons. The van der Waals surface area contributed by atoms with Crippen molar-refractivity contribution in [1.82, 2.24) is 9.03 Å². The van der Waals surface area contributed by atoms with Gasteiger partial charge >= 0.3 is 0 Å².